The van der Waals surface area contributed by atoms with Crippen molar-refractivity contribution in [3.05, 3.63) is 165 Å². The molecule has 1 saturated heterocycles. The number of aromatic nitrogens is 1. The van der Waals surface area contributed by atoms with Crippen LogP contribution in [0.2, 0.25) is 0 Å². The van der Waals surface area contributed by atoms with Crippen LogP contribution in [0.1, 0.15) is 22.3 Å². The molecule has 1 aliphatic heterocycles. The molecule has 1 aliphatic rings. The standard InChI is InChI=1S/C39H31F4N3O4/c40-29-20-34(42)31(35(43)21-29)18-25-19-32(38(49)46(23-25)24-28-8-4-5-9-33(28)41)36(47)22-37(48)39(50)45-16-14-44(15-17-45)30-12-10-27(11-13-30)26-6-2-1-3-7-26/h1-13,19-23,47H,14-18,24H2/b36-22-. The minimum atomic E-state index is -1.17. The number of nitrogens with zero attached hydrogens (tertiary/aromatic N) is 3. The average molecular weight is 682 g/mol. The highest BCUT2D eigenvalue weighted by Crippen LogP contribution is 2.25. The molecule has 4 aromatic carbocycles. The number of piperazine rings is 1. The van der Waals surface area contributed by atoms with Gasteiger partial charge in [0.25, 0.3) is 11.5 Å². The van der Waals surface area contributed by atoms with Crippen LogP contribution in [-0.2, 0) is 22.6 Å². The Kier molecular flexibility index (Phi) is 9.94. The molecule has 2 heterocycles. The topological polar surface area (TPSA) is 82.8 Å². The van der Waals surface area contributed by atoms with Crippen LogP contribution in [0.3, 0.4) is 0 Å². The van der Waals surface area contributed by atoms with Crippen molar-refractivity contribution in [3.63, 3.8) is 0 Å². The second-order valence-electron chi connectivity index (χ2n) is 11.9. The summed E-state index contributed by atoms with van der Waals surface area (Å²) < 4.78 is 58.1. The van der Waals surface area contributed by atoms with Gasteiger partial charge in [-0.05, 0) is 41.0 Å². The highest BCUT2D eigenvalue weighted by atomic mass is 19.1. The molecule has 6 rings (SSSR count). The minimum Gasteiger partial charge on any atom is -0.507 e. The third-order valence-electron chi connectivity index (χ3n) is 8.59. The first-order valence-electron chi connectivity index (χ1n) is 15.8. The normalized spacial score (nSPS) is 13.4. The van der Waals surface area contributed by atoms with E-state index in [0.29, 0.717) is 31.3 Å². The molecule has 0 saturated carbocycles. The summed E-state index contributed by atoms with van der Waals surface area (Å²) in [5.41, 5.74) is 1.52. The molecular weight excluding hydrogens is 650 g/mol. The summed E-state index contributed by atoms with van der Waals surface area (Å²) in [7, 11) is 0. The zero-order chi connectivity index (χ0) is 35.4. The quantitative estimate of drug-likeness (QED) is 0.0829. The fraction of sp³-hybridized carbons (Fsp3) is 0.154. The van der Waals surface area contributed by atoms with E-state index in [4.69, 9.17) is 0 Å². The monoisotopic (exact) mass is 681 g/mol. The van der Waals surface area contributed by atoms with E-state index in [-0.39, 0.29) is 30.8 Å². The summed E-state index contributed by atoms with van der Waals surface area (Å²) in [6, 6.07) is 25.8. The Morgan fingerprint density at radius 1 is 0.740 bits per heavy atom. The molecule has 0 bridgehead atoms. The van der Waals surface area contributed by atoms with Crippen molar-refractivity contribution in [1.82, 2.24) is 9.47 Å². The number of ketones is 1. The van der Waals surface area contributed by atoms with Gasteiger partial charge in [-0.3, -0.25) is 14.4 Å². The van der Waals surface area contributed by atoms with Crippen LogP contribution in [-0.4, -0.2) is 52.4 Å². The van der Waals surface area contributed by atoms with E-state index in [9.17, 15) is 37.1 Å². The maximum absolute atomic E-state index is 14.5. The molecule has 7 nitrogen and oxygen atoms in total. The van der Waals surface area contributed by atoms with E-state index < -0.39 is 63.8 Å². The Balaban J connectivity index is 1.20. The lowest BCUT2D eigenvalue weighted by atomic mass is 10.0. The van der Waals surface area contributed by atoms with Gasteiger partial charge in [0, 0.05) is 73.8 Å². The largest absolute Gasteiger partial charge is 0.507 e. The summed E-state index contributed by atoms with van der Waals surface area (Å²) in [5.74, 6) is -6.88. The second kappa shape index (κ2) is 14.7. The Hall–Kier alpha value is -5.97. The van der Waals surface area contributed by atoms with Gasteiger partial charge in [-0.15, -0.1) is 0 Å². The van der Waals surface area contributed by atoms with Crippen LogP contribution in [0.4, 0.5) is 23.2 Å². The van der Waals surface area contributed by atoms with E-state index in [2.05, 4.69) is 4.90 Å². The number of aliphatic hydroxyl groups excluding tert-OH is 1. The first-order chi connectivity index (χ1) is 24.1. The van der Waals surface area contributed by atoms with Gasteiger partial charge in [-0.25, -0.2) is 17.6 Å². The lowest BCUT2D eigenvalue weighted by Gasteiger charge is -2.35. The number of carbonyl (C=O) groups is 2. The fourth-order valence-electron chi connectivity index (χ4n) is 5.93. The van der Waals surface area contributed by atoms with Gasteiger partial charge in [0.05, 0.1) is 12.1 Å². The predicted octanol–water partition coefficient (Wildman–Crippen LogP) is 6.53. The van der Waals surface area contributed by atoms with Crippen molar-refractivity contribution in [1.29, 1.82) is 0 Å². The van der Waals surface area contributed by atoms with Crippen LogP contribution in [0.15, 0.2) is 114 Å². The average Bonchev–Trinajstić information content (AvgIpc) is 3.12. The van der Waals surface area contributed by atoms with Crippen molar-refractivity contribution in [2.24, 2.45) is 0 Å². The van der Waals surface area contributed by atoms with E-state index in [0.717, 1.165) is 27.4 Å². The number of aliphatic hydroxyl groups is 1. The molecule has 0 spiro atoms. The van der Waals surface area contributed by atoms with Crippen LogP contribution in [0, 0.1) is 23.3 Å². The maximum atomic E-state index is 14.5. The third kappa shape index (κ3) is 7.52. The molecular formula is C39H31F4N3O4. The number of benzene rings is 4. The van der Waals surface area contributed by atoms with Crippen LogP contribution >= 0.6 is 0 Å². The minimum absolute atomic E-state index is 0.0898. The molecule has 1 amide bonds. The van der Waals surface area contributed by atoms with Gasteiger partial charge in [0.2, 0.25) is 5.78 Å². The third-order valence-corrected chi connectivity index (χ3v) is 8.59. The first-order valence-corrected chi connectivity index (χ1v) is 15.8. The maximum Gasteiger partial charge on any atom is 0.294 e. The molecule has 0 aliphatic carbocycles. The lowest BCUT2D eigenvalue weighted by Crippen LogP contribution is -2.50. The number of halogens is 4. The van der Waals surface area contributed by atoms with Crippen LogP contribution in [0.25, 0.3) is 16.9 Å². The van der Waals surface area contributed by atoms with Crippen LogP contribution < -0.4 is 10.5 Å². The Morgan fingerprint density at radius 3 is 2.02 bits per heavy atom. The molecule has 1 fully saturated rings. The van der Waals surface area contributed by atoms with Gasteiger partial charge in [0.15, 0.2) is 0 Å². The molecule has 50 heavy (non-hydrogen) atoms. The Bertz CT molecular complexity index is 2120. The van der Waals surface area contributed by atoms with Crippen molar-refractivity contribution in [2.75, 3.05) is 31.1 Å². The molecule has 0 radical (unpaired) electrons. The van der Waals surface area contributed by atoms with Crippen LogP contribution in [0.5, 0.6) is 0 Å². The Labute approximate surface area is 285 Å². The number of carbonyl (C=O) groups excluding carboxylic acids is 2. The summed E-state index contributed by atoms with van der Waals surface area (Å²) in [6.07, 6.45) is 1.39. The number of amides is 1. The van der Waals surface area contributed by atoms with Gasteiger partial charge >= 0.3 is 0 Å². The smallest absolute Gasteiger partial charge is 0.294 e. The number of pyridine rings is 1. The molecule has 0 atom stereocenters. The van der Waals surface area contributed by atoms with E-state index in [1.807, 2.05) is 54.6 Å². The molecule has 5 aromatic rings. The molecule has 1 N–H and O–H groups in total. The zero-order valence-corrected chi connectivity index (χ0v) is 26.7. The number of hydrogen-bond donors (Lipinski definition) is 1. The molecule has 254 valence electrons. The molecule has 11 heteroatoms. The number of anilines is 1. The van der Waals surface area contributed by atoms with E-state index in [1.165, 1.54) is 29.3 Å². The lowest BCUT2D eigenvalue weighted by molar-refractivity contribution is -0.142. The summed E-state index contributed by atoms with van der Waals surface area (Å²) in [5, 5.41) is 11.0. The molecule has 0 unspecified atom stereocenters. The van der Waals surface area contributed by atoms with Gasteiger partial charge in [-0.1, -0.05) is 60.7 Å². The van der Waals surface area contributed by atoms with Crippen molar-refractivity contribution >= 4 is 23.1 Å². The fourth-order valence-corrected chi connectivity index (χ4v) is 5.93. The van der Waals surface area contributed by atoms with Crippen molar-refractivity contribution < 1.29 is 32.3 Å². The van der Waals surface area contributed by atoms with Crippen molar-refractivity contribution in [2.45, 2.75) is 13.0 Å². The van der Waals surface area contributed by atoms with Gasteiger partial charge in [0.1, 0.15) is 29.0 Å². The predicted molar refractivity (Wildman–Crippen MR) is 182 cm³/mol. The summed E-state index contributed by atoms with van der Waals surface area (Å²) in [4.78, 5) is 43.1. The van der Waals surface area contributed by atoms with Crippen molar-refractivity contribution in [3.8, 4) is 11.1 Å². The zero-order valence-electron chi connectivity index (χ0n) is 26.7. The Morgan fingerprint density at radius 2 is 1.36 bits per heavy atom. The van der Waals surface area contributed by atoms with E-state index in [1.54, 1.807) is 6.07 Å². The summed E-state index contributed by atoms with van der Waals surface area (Å²) in [6.45, 7) is 1.07. The first kappa shape index (κ1) is 33.9. The number of rotatable bonds is 9. The second-order valence-corrected chi connectivity index (χ2v) is 11.9. The molecule has 1 aromatic heterocycles. The van der Waals surface area contributed by atoms with Gasteiger partial charge in [-0.2, -0.15) is 0 Å². The highest BCUT2D eigenvalue weighted by Gasteiger charge is 2.26. The van der Waals surface area contributed by atoms with Gasteiger partial charge < -0.3 is 19.5 Å². The number of hydrogen-bond acceptors (Lipinski definition) is 5. The SMILES string of the molecule is O=C(/C=C(\O)c1cc(Cc2c(F)cc(F)cc2F)cn(Cc2ccccc2F)c1=O)C(=O)N1CCN(c2ccc(-c3ccccc3)cc2)CC1. The van der Waals surface area contributed by atoms with E-state index >= 15 is 0 Å². The summed E-state index contributed by atoms with van der Waals surface area (Å²) >= 11 is 0. The highest BCUT2D eigenvalue weighted by molar-refractivity contribution is 6.41.